The number of hydrogen-bond acceptors (Lipinski definition) is 5. The zero-order valence-corrected chi connectivity index (χ0v) is 15.0. The van der Waals surface area contributed by atoms with Gasteiger partial charge in [-0.15, -0.1) is 0 Å². The largest absolute Gasteiger partial charge is 0.497 e. The molecule has 130 valence electrons. The van der Waals surface area contributed by atoms with Crippen LogP contribution >= 0.6 is 0 Å². The van der Waals surface area contributed by atoms with Crippen LogP contribution in [0.1, 0.15) is 28.4 Å². The molecule has 0 radical (unpaired) electrons. The topological polar surface area (TPSA) is 54.8 Å². The first-order valence-electron chi connectivity index (χ1n) is 7.95. The Balaban J connectivity index is 2.21. The summed E-state index contributed by atoms with van der Waals surface area (Å²) in [6.45, 7) is 4.66. The Labute approximate surface area is 143 Å². The Morgan fingerprint density at radius 3 is 2.33 bits per heavy atom. The van der Waals surface area contributed by atoms with Gasteiger partial charge in [-0.1, -0.05) is 12.1 Å². The van der Waals surface area contributed by atoms with Gasteiger partial charge in [0, 0.05) is 23.9 Å². The second-order valence-electron chi connectivity index (χ2n) is 5.93. The van der Waals surface area contributed by atoms with Gasteiger partial charge in [0.2, 0.25) is 0 Å². The van der Waals surface area contributed by atoms with Gasteiger partial charge in [0.15, 0.2) is 0 Å². The number of hydrogen-bond donors (Lipinski definition) is 1. The van der Waals surface area contributed by atoms with Crippen LogP contribution in [0.4, 0.5) is 0 Å². The highest BCUT2D eigenvalue weighted by Crippen LogP contribution is 2.27. The molecule has 0 amide bonds. The maximum Gasteiger partial charge on any atom is 0.128 e. The van der Waals surface area contributed by atoms with E-state index >= 15 is 0 Å². The van der Waals surface area contributed by atoms with Gasteiger partial charge in [0.25, 0.3) is 0 Å². The summed E-state index contributed by atoms with van der Waals surface area (Å²) in [5.74, 6) is 1.68. The Bertz CT molecular complexity index is 671. The highest BCUT2D eigenvalue weighted by atomic mass is 16.5. The van der Waals surface area contributed by atoms with Gasteiger partial charge in [0.1, 0.15) is 11.5 Å². The van der Waals surface area contributed by atoms with E-state index in [2.05, 4.69) is 9.88 Å². The van der Waals surface area contributed by atoms with Crippen molar-refractivity contribution in [3.8, 4) is 11.5 Å². The number of aryl methyl sites for hydroxylation is 1. The molecule has 1 aromatic carbocycles. The van der Waals surface area contributed by atoms with Gasteiger partial charge in [-0.25, -0.2) is 0 Å². The van der Waals surface area contributed by atoms with E-state index in [9.17, 15) is 5.11 Å². The standard InChI is InChI=1S/C19H26N2O3/c1-13-10-20-17(14(2)19(13)24-5)11-21(3)18(12-22)15-6-8-16(23-4)9-7-15/h6-10,18,22H,11-12H2,1-5H3. The Hall–Kier alpha value is -2.11. The molecular formula is C19H26N2O3. The summed E-state index contributed by atoms with van der Waals surface area (Å²) in [6, 6.07) is 7.66. The van der Waals surface area contributed by atoms with Crippen LogP contribution < -0.4 is 9.47 Å². The van der Waals surface area contributed by atoms with E-state index in [4.69, 9.17) is 9.47 Å². The second-order valence-corrected chi connectivity index (χ2v) is 5.93. The van der Waals surface area contributed by atoms with Crippen molar-refractivity contribution in [3.05, 3.63) is 52.8 Å². The molecule has 1 N–H and O–H groups in total. The number of benzene rings is 1. The fourth-order valence-corrected chi connectivity index (χ4v) is 2.90. The van der Waals surface area contributed by atoms with Crippen LogP contribution in [-0.2, 0) is 6.54 Å². The first-order chi connectivity index (χ1) is 11.5. The summed E-state index contributed by atoms with van der Waals surface area (Å²) in [5.41, 5.74) is 4.05. The second kappa shape index (κ2) is 8.13. The first-order valence-corrected chi connectivity index (χ1v) is 7.95. The predicted octanol–water partition coefficient (Wildman–Crippen LogP) is 2.88. The summed E-state index contributed by atoms with van der Waals surface area (Å²) in [7, 11) is 5.30. The zero-order chi connectivity index (χ0) is 17.7. The van der Waals surface area contributed by atoms with Crippen LogP contribution in [0.15, 0.2) is 30.5 Å². The third kappa shape index (κ3) is 3.86. The number of rotatable bonds is 7. The van der Waals surface area contributed by atoms with E-state index in [-0.39, 0.29) is 12.6 Å². The van der Waals surface area contributed by atoms with Crippen LogP contribution in [0.3, 0.4) is 0 Å². The lowest BCUT2D eigenvalue weighted by Gasteiger charge is -2.27. The molecule has 1 aromatic heterocycles. The Morgan fingerprint density at radius 1 is 1.12 bits per heavy atom. The quantitative estimate of drug-likeness (QED) is 0.846. The molecule has 24 heavy (non-hydrogen) atoms. The molecule has 5 heteroatoms. The summed E-state index contributed by atoms with van der Waals surface area (Å²) in [5, 5.41) is 9.85. The lowest BCUT2D eigenvalue weighted by molar-refractivity contribution is 0.141. The molecular weight excluding hydrogens is 304 g/mol. The van der Waals surface area contributed by atoms with Crippen molar-refractivity contribution in [1.82, 2.24) is 9.88 Å². The molecule has 2 aromatic rings. The Kier molecular flexibility index (Phi) is 6.17. The number of aliphatic hydroxyl groups is 1. The van der Waals surface area contributed by atoms with Gasteiger partial charge in [-0.3, -0.25) is 9.88 Å². The van der Waals surface area contributed by atoms with E-state index in [1.807, 2.05) is 51.4 Å². The van der Waals surface area contributed by atoms with Gasteiger partial charge >= 0.3 is 0 Å². The minimum Gasteiger partial charge on any atom is -0.497 e. The summed E-state index contributed by atoms with van der Waals surface area (Å²) in [6.07, 6.45) is 1.83. The van der Waals surface area contributed by atoms with Crippen molar-refractivity contribution in [2.75, 3.05) is 27.9 Å². The van der Waals surface area contributed by atoms with Crippen LogP contribution in [-0.4, -0.2) is 42.9 Å². The molecule has 1 atom stereocenters. The lowest BCUT2D eigenvalue weighted by Crippen LogP contribution is -2.27. The van der Waals surface area contributed by atoms with Crippen molar-refractivity contribution < 1.29 is 14.6 Å². The number of aromatic nitrogens is 1. The number of pyridine rings is 1. The number of methoxy groups -OCH3 is 2. The highest BCUT2D eigenvalue weighted by molar-refractivity contribution is 5.41. The fourth-order valence-electron chi connectivity index (χ4n) is 2.90. The molecule has 1 heterocycles. The predicted molar refractivity (Wildman–Crippen MR) is 94.6 cm³/mol. The SMILES string of the molecule is COc1ccc(C(CO)N(C)Cc2ncc(C)c(OC)c2C)cc1. The molecule has 0 fully saturated rings. The van der Waals surface area contributed by atoms with E-state index in [0.29, 0.717) is 6.54 Å². The van der Waals surface area contributed by atoms with Gasteiger partial charge < -0.3 is 14.6 Å². The molecule has 0 saturated heterocycles. The normalized spacial score (nSPS) is 12.3. The van der Waals surface area contributed by atoms with Gasteiger partial charge in [-0.05, 0) is 38.6 Å². The maximum absolute atomic E-state index is 9.85. The molecule has 5 nitrogen and oxygen atoms in total. The van der Waals surface area contributed by atoms with Gasteiger partial charge in [-0.2, -0.15) is 0 Å². The molecule has 2 rings (SSSR count). The molecule has 1 unspecified atom stereocenters. The smallest absolute Gasteiger partial charge is 0.128 e. The van der Waals surface area contributed by atoms with E-state index in [0.717, 1.165) is 33.9 Å². The first kappa shape index (κ1) is 18.2. The average Bonchev–Trinajstić information content (AvgIpc) is 2.59. The molecule has 0 aliphatic carbocycles. The number of nitrogens with zero attached hydrogens (tertiary/aromatic N) is 2. The van der Waals surface area contributed by atoms with E-state index in [1.54, 1.807) is 14.2 Å². The monoisotopic (exact) mass is 330 g/mol. The van der Waals surface area contributed by atoms with Crippen molar-refractivity contribution in [2.45, 2.75) is 26.4 Å². The number of ether oxygens (including phenoxy) is 2. The van der Waals surface area contributed by atoms with Crippen molar-refractivity contribution >= 4 is 0 Å². The fraction of sp³-hybridized carbons (Fsp3) is 0.421. The summed E-state index contributed by atoms with van der Waals surface area (Å²) in [4.78, 5) is 6.63. The molecule has 0 spiro atoms. The maximum atomic E-state index is 9.85. The molecule has 0 bridgehead atoms. The van der Waals surface area contributed by atoms with Crippen LogP contribution in [0.2, 0.25) is 0 Å². The van der Waals surface area contributed by atoms with Crippen molar-refractivity contribution in [3.63, 3.8) is 0 Å². The zero-order valence-electron chi connectivity index (χ0n) is 15.0. The third-order valence-electron chi connectivity index (χ3n) is 4.35. The van der Waals surface area contributed by atoms with E-state index in [1.165, 1.54) is 0 Å². The highest BCUT2D eigenvalue weighted by Gasteiger charge is 2.19. The lowest BCUT2D eigenvalue weighted by atomic mass is 10.0. The average molecular weight is 330 g/mol. The van der Waals surface area contributed by atoms with Crippen LogP contribution in [0.5, 0.6) is 11.5 Å². The summed E-state index contributed by atoms with van der Waals surface area (Å²) < 4.78 is 10.7. The molecule has 0 aliphatic rings. The Morgan fingerprint density at radius 2 is 1.79 bits per heavy atom. The summed E-state index contributed by atoms with van der Waals surface area (Å²) >= 11 is 0. The number of aliphatic hydroxyl groups excluding tert-OH is 1. The molecule has 0 aliphatic heterocycles. The van der Waals surface area contributed by atoms with Crippen LogP contribution in [0, 0.1) is 13.8 Å². The van der Waals surface area contributed by atoms with Crippen molar-refractivity contribution in [1.29, 1.82) is 0 Å². The molecule has 0 saturated carbocycles. The van der Waals surface area contributed by atoms with Gasteiger partial charge in [0.05, 0.1) is 32.6 Å². The van der Waals surface area contributed by atoms with Crippen molar-refractivity contribution in [2.24, 2.45) is 0 Å². The minimum atomic E-state index is -0.107. The number of likely N-dealkylation sites (N-methyl/N-ethyl adjacent to an activating group) is 1. The van der Waals surface area contributed by atoms with E-state index < -0.39 is 0 Å². The van der Waals surface area contributed by atoms with Crippen LogP contribution in [0.25, 0.3) is 0 Å². The third-order valence-corrected chi connectivity index (χ3v) is 4.35. The minimum absolute atomic E-state index is 0.0326.